The van der Waals surface area contributed by atoms with E-state index in [2.05, 4.69) is 5.32 Å². The zero-order chi connectivity index (χ0) is 12.5. The monoisotopic (exact) mass is 290 g/mol. The number of amides is 1. The fourth-order valence-electron chi connectivity index (χ4n) is 1.68. The molecular weight excluding hydrogens is 272 g/mol. The highest BCUT2D eigenvalue weighted by atomic mass is 35.5. The average molecular weight is 291 g/mol. The molecule has 0 saturated carbocycles. The first-order valence-electron chi connectivity index (χ1n) is 5.74. The zero-order valence-corrected chi connectivity index (χ0v) is 12.2. The second-order valence-corrected chi connectivity index (χ2v) is 6.04. The van der Waals surface area contributed by atoms with Gasteiger partial charge in [0, 0.05) is 23.4 Å². The van der Waals surface area contributed by atoms with Crippen molar-refractivity contribution < 1.29 is 9.53 Å². The first-order chi connectivity index (χ1) is 8.02. The van der Waals surface area contributed by atoms with E-state index in [4.69, 9.17) is 10.5 Å². The lowest BCUT2D eigenvalue weighted by atomic mass is 10.1. The molecule has 0 fully saturated rings. The molecule has 0 atom stereocenters. The van der Waals surface area contributed by atoms with Crippen LogP contribution in [0.2, 0.25) is 0 Å². The summed E-state index contributed by atoms with van der Waals surface area (Å²) in [4.78, 5) is 14.1. The fourth-order valence-corrected chi connectivity index (χ4v) is 2.72. The lowest BCUT2D eigenvalue weighted by molar-refractivity contribution is 0.0919. The van der Waals surface area contributed by atoms with Crippen LogP contribution in [0.5, 0.6) is 0 Å². The van der Waals surface area contributed by atoms with Gasteiger partial charge in [-0.25, -0.2) is 0 Å². The first kappa shape index (κ1) is 15.4. The summed E-state index contributed by atoms with van der Waals surface area (Å²) in [6.07, 6.45) is 0.910. The lowest BCUT2D eigenvalue weighted by Gasteiger charge is -2.23. The summed E-state index contributed by atoms with van der Waals surface area (Å²) in [5, 5.41) is 2.94. The molecule has 1 aliphatic heterocycles. The van der Waals surface area contributed by atoms with Crippen LogP contribution in [-0.4, -0.2) is 24.6 Å². The maximum atomic E-state index is 12.0. The van der Waals surface area contributed by atoms with Gasteiger partial charge in [0.1, 0.15) is 0 Å². The molecule has 3 N–H and O–H groups in total. The molecule has 0 aromatic carbocycles. The number of halogens is 1. The Hall–Kier alpha value is -0.620. The predicted octanol–water partition coefficient (Wildman–Crippen LogP) is 1.71. The Morgan fingerprint density at radius 3 is 2.94 bits per heavy atom. The Kier molecular flexibility index (Phi) is 5.16. The highest BCUT2D eigenvalue weighted by molar-refractivity contribution is 7.14. The molecule has 2 rings (SSSR count). The Morgan fingerprint density at radius 2 is 2.33 bits per heavy atom. The number of nitrogens with two attached hydrogens (primary N) is 1. The lowest BCUT2D eigenvalue weighted by Crippen LogP contribution is -2.48. The third kappa shape index (κ3) is 3.45. The van der Waals surface area contributed by atoms with Crippen LogP contribution >= 0.6 is 23.7 Å². The van der Waals surface area contributed by atoms with Crippen molar-refractivity contribution >= 4 is 29.7 Å². The van der Waals surface area contributed by atoms with Crippen LogP contribution in [0.15, 0.2) is 6.07 Å². The fraction of sp³-hybridized carbons (Fsp3) is 0.583. The van der Waals surface area contributed by atoms with E-state index in [0.29, 0.717) is 13.2 Å². The number of nitrogens with one attached hydrogen (secondary N) is 1. The van der Waals surface area contributed by atoms with E-state index in [1.807, 2.05) is 19.9 Å². The van der Waals surface area contributed by atoms with Gasteiger partial charge in [-0.3, -0.25) is 4.79 Å². The molecule has 18 heavy (non-hydrogen) atoms. The maximum Gasteiger partial charge on any atom is 0.261 e. The van der Waals surface area contributed by atoms with Crippen molar-refractivity contribution in [2.45, 2.75) is 32.4 Å². The molecule has 102 valence electrons. The van der Waals surface area contributed by atoms with Crippen molar-refractivity contribution in [3.8, 4) is 0 Å². The van der Waals surface area contributed by atoms with Crippen LogP contribution in [0.25, 0.3) is 0 Å². The summed E-state index contributed by atoms with van der Waals surface area (Å²) in [6, 6.07) is 1.93. The van der Waals surface area contributed by atoms with Crippen LogP contribution in [0.4, 0.5) is 0 Å². The van der Waals surface area contributed by atoms with Gasteiger partial charge in [0.15, 0.2) is 0 Å². The molecule has 1 aromatic heterocycles. The second-order valence-electron chi connectivity index (χ2n) is 4.90. The summed E-state index contributed by atoms with van der Waals surface area (Å²) in [6.45, 7) is 5.64. The molecule has 0 spiro atoms. The largest absolute Gasteiger partial charge is 0.376 e. The first-order valence-corrected chi connectivity index (χ1v) is 6.55. The van der Waals surface area contributed by atoms with Crippen molar-refractivity contribution in [3.63, 3.8) is 0 Å². The van der Waals surface area contributed by atoms with E-state index in [9.17, 15) is 4.79 Å². The normalized spacial score (nSPS) is 14.6. The number of ether oxygens (including phenoxy) is 1. The minimum atomic E-state index is -0.363. The third-order valence-corrected chi connectivity index (χ3v) is 4.05. The molecule has 1 aliphatic rings. The Bertz CT molecular complexity index is 408. The van der Waals surface area contributed by atoms with Gasteiger partial charge in [-0.2, -0.15) is 0 Å². The molecule has 1 aromatic rings. The molecule has 4 nitrogen and oxygen atoms in total. The maximum absolute atomic E-state index is 12.0. The van der Waals surface area contributed by atoms with E-state index < -0.39 is 0 Å². The van der Waals surface area contributed by atoms with Gasteiger partial charge in [0.25, 0.3) is 5.91 Å². The summed E-state index contributed by atoms with van der Waals surface area (Å²) >= 11 is 1.56. The highest BCUT2D eigenvalue weighted by Gasteiger charge is 2.22. The van der Waals surface area contributed by atoms with E-state index in [1.165, 1.54) is 4.88 Å². The molecule has 6 heteroatoms. The summed E-state index contributed by atoms with van der Waals surface area (Å²) in [5.41, 5.74) is 6.39. The van der Waals surface area contributed by atoms with Gasteiger partial charge in [0.2, 0.25) is 0 Å². The van der Waals surface area contributed by atoms with E-state index in [0.717, 1.165) is 23.5 Å². The number of carbonyl (C=O) groups is 1. The minimum absolute atomic E-state index is 0. The van der Waals surface area contributed by atoms with Crippen molar-refractivity contribution in [1.82, 2.24) is 5.32 Å². The number of carbonyl (C=O) groups excluding carboxylic acids is 1. The molecule has 0 radical (unpaired) electrons. The minimum Gasteiger partial charge on any atom is -0.376 e. The van der Waals surface area contributed by atoms with Crippen molar-refractivity contribution in [3.05, 3.63) is 21.4 Å². The Balaban J connectivity index is 0.00000162. The van der Waals surface area contributed by atoms with E-state index in [-0.39, 0.29) is 23.9 Å². The van der Waals surface area contributed by atoms with Gasteiger partial charge < -0.3 is 15.8 Å². The van der Waals surface area contributed by atoms with Gasteiger partial charge in [-0.05, 0) is 25.5 Å². The van der Waals surface area contributed by atoms with Gasteiger partial charge in [0.05, 0.1) is 18.1 Å². The SMILES string of the molecule is CC(C)(CN)NC(=O)c1cc2c(s1)CCOC2.Cl. The predicted molar refractivity (Wildman–Crippen MR) is 75.5 cm³/mol. The van der Waals surface area contributed by atoms with Crippen molar-refractivity contribution in [1.29, 1.82) is 0 Å². The summed E-state index contributed by atoms with van der Waals surface area (Å²) in [5.74, 6) is -0.0418. The molecular formula is C12H19ClN2O2S. The average Bonchev–Trinajstić information content (AvgIpc) is 2.72. The molecule has 0 unspecified atom stereocenters. The smallest absolute Gasteiger partial charge is 0.261 e. The molecule has 0 saturated heterocycles. The number of rotatable bonds is 3. The van der Waals surface area contributed by atoms with Gasteiger partial charge in [-0.15, -0.1) is 23.7 Å². The topological polar surface area (TPSA) is 64.3 Å². The number of fused-ring (bicyclic) bond motifs is 1. The number of hydrogen-bond donors (Lipinski definition) is 2. The van der Waals surface area contributed by atoms with Crippen molar-refractivity contribution in [2.24, 2.45) is 5.73 Å². The Labute approximate surface area is 117 Å². The third-order valence-electron chi connectivity index (χ3n) is 2.81. The van der Waals surface area contributed by atoms with Crippen LogP contribution in [0.3, 0.4) is 0 Å². The highest BCUT2D eigenvalue weighted by Crippen LogP contribution is 2.27. The van der Waals surface area contributed by atoms with Crippen LogP contribution in [0, 0.1) is 0 Å². The second kappa shape index (κ2) is 6.02. The zero-order valence-electron chi connectivity index (χ0n) is 10.6. The van der Waals surface area contributed by atoms with Crippen LogP contribution in [0.1, 0.15) is 34.0 Å². The molecule has 2 heterocycles. The van der Waals surface area contributed by atoms with E-state index in [1.54, 1.807) is 11.3 Å². The molecule has 0 bridgehead atoms. The number of hydrogen-bond acceptors (Lipinski definition) is 4. The van der Waals surface area contributed by atoms with E-state index >= 15 is 0 Å². The summed E-state index contributed by atoms with van der Waals surface area (Å²) in [7, 11) is 0. The van der Waals surface area contributed by atoms with Crippen LogP contribution in [-0.2, 0) is 17.8 Å². The van der Waals surface area contributed by atoms with Gasteiger partial charge >= 0.3 is 0 Å². The molecule has 1 amide bonds. The van der Waals surface area contributed by atoms with Crippen molar-refractivity contribution in [2.75, 3.05) is 13.2 Å². The number of thiophene rings is 1. The summed E-state index contributed by atoms with van der Waals surface area (Å²) < 4.78 is 5.37. The van der Waals surface area contributed by atoms with Crippen LogP contribution < -0.4 is 11.1 Å². The molecule has 0 aliphatic carbocycles. The Morgan fingerprint density at radius 1 is 1.61 bits per heavy atom. The van der Waals surface area contributed by atoms with Gasteiger partial charge in [-0.1, -0.05) is 0 Å². The standard InChI is InChI=1S/C12H18N2O2S.ClH/c1-12(2,7-13)14-11(15)10-5-8-6-16-4-3-9(8)17-10;/h5H,3-4,6-7,13H2,1-2H3,(H,14,15);1H. The quantitative estimate of drug-likeness (QED) is 0.891.